The van der Waals surface area contributed by atoms with Crippen molar-refractivity contribution in [3.05, 3.63) is 11.9 Å². The molecule has 0 unspecified atom stereocenters. The molecule has 1 aliphatic heterocycles. The van der Waals surface area contributed by atoms with Crippen molar-refractivity contribution in [2.45, 2.75) is 39.2 Å². The number of piperidine rings is 1. The van der Waals surface area contributed by atoms with Crippen LogP contribution in [0.25, 0.3) is 0 Å². The molecular formula is C11H26N4. The number of allylic oxidation sites excluding steroid dienone is 1. The molecule has 15 heavy (non-hydrogen) atoms. The number of rotatable bonds is 4. The summed E-state index contributed by atoms with van der Waals surface area (Å²) in [5, 5.41) is 3.40. The van der Waals surface area contributed by atoms with Crippen LogP contribution in [0.2, 0.25) is 0 Å². The van der Waals surface area contributed by atoms with E-state index in [0.29, 0.717) is 6.04 Å². The van der Waals surface area contributed by atoms with Crippen molar-refractivity contribution >= 4 is 0 Å². The van der Waals surface area contributed by atoms with Gasteiger partial charge in [-0.05, 0) is 25.8 Å². The van der Waals surface area contributed by atoms with Crippen molar-refractivity contribution in [1.29, 1.82) is 0 Å². The zero-order valence-corrected chi connectivity index (χ0v) is 10.1. The molecule has 1 aliphatic rings. The second-order valence-corrected chi connectivity index (χ2v) is 3.95. The fraction of sp³-hybridized carbons (Fsp3) is 0.818. The fourth-order valence-corrected chi connectivity index (χ4v) is 1.74. The summed E-state index contributed by atoms with van der Waals surface area (Å²) in [7, 11) is 0. The van der Waals surface area contributed by atoms with Gasteiger partial charge in [0.25, 0.3) is 0 Å². The van der Waals surface area contributed by atoms with Crippen LogP contribution in [0.3, 0.4) is 0 Å². The highest BCUT2D eigenvalue weighted by Gasteiger charge is 2.16. The molecule has 1 rings (SSSR count). The highest BCUT2D eigenvalue weighted by Crippen LogP contribution is 2.09. The molecule has 0 aliphatic carbocycles. The molecule has 90 valence electrons. The Bertz CT molecular complexity index is 183. The van der Waals surface area contributed by atoms with Gasteiger partial charge in [-0.3, -0.25) is 0 Å². The fourth-order valence-electron chi connectivity index (χ4n) is 1.74. The minimum Gasteiger partial charge on any atom is -0.401 e. The summed E-state index contributed by atoms with van der Waals surface area (Å²) >= 11 is 0. The average molecular weight is 214 g/mol. The summed E-state index contributed by atoms with van der Waals surface area (Å²) in [5.74, 6) is 0. The maximum Gasteiger partial charge on any atom is 0.0280 e. The molecule has 0 radical (unpaired) electrons. The van der Waals surface area contributed by atoms with E-state index in [1.807, 2.05) is 6.20 Å². The van der Waals surface area contributed by atoms with Crippen molar-refractivity contribution in [3.8, 4) is 0 Å². The molecule has 0 amide bonds. The Balaban J connectivity index is 0.00000196. The maximum atomic E-state index is 5.73. The lowest BCUT2D eigenvalue weighted by molar-refractivity contribution is 0.213. The number of hydrogen-bond acceptors (Lipinski definition) is 4. The van der Waals surface area contributed by atoms with Crippen LogP contribution in [0.1, 0.15) is 33.1 Å². The molecule has 1 heterocycles. The Labute approximate surface area is 93.5 Å². The van der Waals surface area contributed by atoms with Gasteiger partial charge in [-0.25, -0.2) is 0 Å². The standard InChI is InChI=1S/C11H23N3.H3N/c1-3-10(12)9-13-11-5-7-14(4-2)8-6-11;/h9,11,13H,3-8,12H2,1-2H3;1H3/b10-9-;. The zero-order valence-electron chi connectivity index (χ0n) is 10.1. The van der Waals surface area contributed by atoms with E-state index < -0.39 is 0 Å². The van der Waals surface area contributed by atoms with Gasteiger partial charge in [-0.15, -0.1) is 0 Å². The Morgan fingerprint density at radius 2 is 2.00 bits per heavy atom. The van der Waals surface area contributed by atoms with Gasteiger partial charge in [0.2, 0.25) is 0 Å². The lowest BCUT2D eigenvalue weighted by Gasteiger charge is -2.31. The molecule has 0 aromatic carbocycles. The Morgan fingerprint density at radius 3 is 2.47 bits per heavy atom. The number of nitrogens with one attached hydrogen (secondary N) is 1. The molecule has 0 spiro atoms. The first-order valence-corrected chi connectivity index (χ1v) is 5.69. The van der Waals surface area contributed by atoms with Crippen molar-refractivity contribution in [2.75, 3.05) is 19.6 Å². The van der Waals surface area contributed by atoms with Gasteiger partial charge in [0.05, 0.1) is 0 Å². The predicted molar refractivity (Wildman–Crippen MR) is 65.9 cm³/mol. The van der Waals surface area contributed by atoms with Crippen molar-refractivity contribution in [3.63, 3.8) is 0 Å². The lowest BCUT2D eigenvalue weighted by atomic mass is 10.1. The third-order valence-electron chi connectivity index (χ3n) is 2.95. The number of nitrogens with two attached hydrogens (primary N) is 1. The first kappa shape index (κ1) is 14.3. The summed E-state index contributed by atoms with van der Waals surface area (Å²) < 4.78 is 0. The zero-order chi connectivity index (χ0) is 10.4. The summed E-state index contributed by atoms with van der Waals surface area (Å²) in [6, 6.07) is 0.628. The largest absolute Gasteiger partial charge is 0.401 e. The molecule has 4 nitrogen and oxygen atoms in total. The maximum absolute atomic E-state index is 5.73. The SMILES string of the molecule is CC/C(N)=C/NC1CCN(CC)CC1.N. The summed E-state index contributed by atoms with van der Waals surface area (Å²) in [6.45, 7) is 7.91. The van der Waals surface area contributed by atoms with Crippen LogP contribution < -0.4 is 17.2 Å². The Hall–Kier alpha value is -0.740. The van der Waals surface area contributed by atoms with Gasteiger partial charge in [0.1, 0.15) is 0 Å². The topological polar surface area (TPSA) is 76.3 Å². The number of hydrogen-bond donors (Lipinski definition) is 3. The van der Waals surface area contributed by atoms with Gasteiger partial charge in [-0.1, -0.05) is 13.8 Å². The van der Waals surface area contributed by atoms with E-state index in [1.165, 1.54) is 32.5 Å². The van der Waals surface area contributed by atoms with Crippen molar-refractivity contribution < 1.29 is 0 Å². The molecular weight excluding hydrogens is 188 g/mol. The normalized spacial score (nSPS) is 19.7. The van der Waals surface area contributed by atoms with Gasteiger partial charge in [0.15, 0.2) is 0 Å². The van der Waals surface area contributed by atoms with Gasteiger partial charge < -0.3 is 22.1 Å². The van der Waals surface area contributed by atoms with Gasteiger partial charge in [0, 0.05) is 31.0 Å². The first-order valence-electron chi connectivity index (χ1n) is 5.69. The molecule has 0 bridgehead atoms. The van der Waals surface area contributed by atoms with Crippen molar-refractivity contribution in [1.82, 2.24) is 16.4 Å². The monoisotopic (exact) mass is 214 g/mol. The van der Waals surface area contributed by atoms with E-state index in [-0.39, 0.29) is 6.15 Å². The van der Waals surface area contributed by atoms with Crippen LogP contribution in [0.4, 0.5) is 0 Å². The van der Waals surface area contributed by atoms with E-state index in [4.69, 9.17) is 5.73 Å². The average Bonchev–Trinajstić information content (AvgIpc) is 2.26. The first-order chi connectivity index (χ1) is 6.76. The molecule has 0 aromatic rings. The van der Waals surface area contributed by atoms with E-state index in [0.717, 1.165) is 12.1 Å². The number of likely N-dealkylation sites (tertiary alicyclic amines) is 1. The highest BCUT2D eigenvalue weighted by molar-refractivity contribution is 4.95. The molecule has 6 N–H and O–H groups in total. The smallest absolute Gasteiger partial charge is 0.0280 e. The number of nitrogens with zero attached hydrogens (tertiary/aromatic N) is 1. The van der Waals surface area contributed by atoms with Crippen LogP contribution in [-0.2, 0) is 0 Å². The van der Waals surface area contributed by atoms with E-state index in [1.54, 1.807) is 0 Å². The van der Waals surface area contributed by atoms with Gasteiger partial charge >= 0.3 is 0 Å². The third kappa shape index (κ3) is 5.04. The van der Waals surface area contributed by atoms with E-state index in [2.05, 4.69) is 24.1 Å². The highest BCUT2D eigenvalue weighted by atomic mass is 15.1. The summed E-state index contributed by atoms with van der Waals surface area (Å²) in [5.41, 5.74) is 6.68. The predicted octanol–water partition coefficient (Wildman–Crippen LogP) is 1.43. The lowest BCUT2D eigenvalue weighted by Crippen LogP contribution is -2.40. The van der Waals surface area contributed by atoms with E-state index in [9.17, 15) is 0 Å². The second kappa shape index (κ2) is 7.54. The Kier molecular flexibility index (Phi) is 7.17. The minimum atomic E-state index is 0. The summed E-state index contributed by atoms with van der Waals surface area (Å²) in [4.78, 5) is 2.49. The minimum absolute atomic E-state index is 0. The molecule has 0 atom stereocenters. The van der Waals surface area contributed by atoms with Crippen LogP contribution in [0.15, 0.2) is 11.9 Å². The van der Waals surface area contributed by atoms with Crippen LogP contribution >= 0.6 is 0 Å². The Morgan fingerprint density at radius 1 is 1.40 bits per heavy atom. The van der Waals surface area contributed by atoms with Crippen LogP contribution in [0, 0.1) is 0 Å². The van der Waals surface area contributed by atoms with Gasteiger partial charge in [-0.2, -0.15) is 0 Å². The molecule has 1 fully saturated rings. The van der Waals surface area contributed by atoms with Crippen molar-refractivity contribution in [2.24, 2.45) is 5.73 Å². The quantitative estimate of drug-likeness (QED) is 0.661. The summed E-state index contributed by atoms with van der Waals surface area (Å²) in [6.07, 6.45) is 5.38. The third-order valence-corrected chi connectivity index (χ3v) is 2.95. The molecule has 1 saturated heterocycles. The molecule has 4 heteroatoms. The molecule has 0 aromatic heterocycles. The van der Waals surface area contributed by atoms with Crippen LogP contribution in [0.5, 0.6) is 0 Å². The second-order valence-electron chi connectivity index (χ2n) is 3.95. The molecule has 0 saturated carbocycles. The van der Waals surface area contributed by atoms with Crippen LogP contribution in [-0.4, -0.2) is 30.6 Å². The van der Waals surface area contributed by atoms with E-state index >= 15 is 0 Å².